The molecule has 0 radical (unpaired) electrons. The zero-order chi connectivity index (χ0) is 27.0. The Labute approximate surface area is 221 Å². The molecule has 0 bridgehead atoms. The molecule has 0 saturated heterocycles. The molecule has 38 heavy (non-hydrogen) atoms. The van der Waals surface area contributed by atoms with Crippen molar-refractivity contribution in [3.05, 3.63) is 77.4 Å². The van der Waals surface area contributed by atoms with Gasteiger partial charge in [0.15, 0.2) is 5.69 Å². The largest absolute Gasteiger partial charge is 0.492 e. The number of hydrogen-bond acceptors (Lipinski definition) is 8. The van der Waals surface area contributed by atoms with Crippen molar-refractivity contribution in [2.24, 2.45) is 0 Å². The maximum absolute atomic E-state index is 13.1. The summed E-state index contributed by atoms with van der Waals surface area (Å²) in [6.07, 6.45) is 1.23. The summed E-state index contributed by atoms with van der Waals surface area (Å²) in [5.74, 6) is -1.10. The average molecular weight is 553 g/mol. The first-order valence-electron chi connectivity index (χ1n) is 11.4. The first-order valence-corrected chi connectivity index (χ1v) is 13.7. The van der Waals surface area contributed by atoms with Gasteiger partial charge in [0.05, 0.1) is 32.3 Å². The minimum absolute atomic E-state index is 0.0248. The molecule has 5 aromatic rings. The van der Waals surface area contributed by atoms with E-state index in [1.165, 1.54) is 29.7 Å². The molecule has 0 aliphatic heterocycles. The number of carbonyl (C=O) groups is 1. The Bertz CT molecular complexity index is 1800. The van der Waals surface area contributed by atoms with Gasteiger partial charge in [0.2, 0.25) is 10.0 Å². The lowest BCUT2D eigenvalue weighted by Crippen LogP contribution is -2.28. The summed E-state index contributed by atoms with van der Waals surface area (Å²) < 4.78 is 46.9. The van der Waals surface area contributed by atoms with Crippen LogP contribution in [0.4, 0.5) is 4.39 Å². The normalized spacial score (nSPS) is 11.8. The van der Waals surface area contributed by atoms with Crippen molar-refractivity contribution in [1.82, 2.24) is 19.7 Å². The molecular weight excluding hydrogens is 531 g/mol. The van der Waals surface area contributed by atoms with Gasteiger partial charge in [0.25, 0.3) is 0 Å². The first kappa shape index (κ1) is 25.6. The maximum atomic E-state index is 13.1. The zero-order valence-corrected chi connectivity index (χ0v) is 21.9. The van der Waals surface area contributed by atoms with E-state index in [9.17, 15) is 22.7 Å². The summed E-state index contributed by atoms with van der Waals surface area (Å²) in [4.78, 5) is 24.7. The van der Waals surface area contributed by atoms with E-state index in [2.05, 4.69) is 14.7 Å². The van der Waals surface area contributed by atoms with E-state index < -0.39 is 21.8 Å². The number of rotatable bonds is 8. The van der Waals surface area contributed by atoms with E-state index in [1.807, 2.05) is 32.0 Å². The van der Waals surface area contributed by atoms with E-state index in [4.69, 9.17) is 9.72 Å². The van der Waals surface area contributed by atoms with Crippen LogP contribution in [-0.2, 0) is 10.0 Å². The molecule has 3 aromatic carbocycles. The fourth-order valence-electron chi connectivity index (χ4n) is 3.94. The third-order valence-corrected chi connectivity index (χ3v) is 8.20. The third-order valence-electron chi connectivity index (χ3n) is 5.69. The molecule has 0 amide bonds. The number of aryl methyl sites for hydroxylation is 2. The lowest BCUT2D eigenvalue weighted by atomic mass is 10.1. The number of thiazole rings is 1. The molecule has 0 atom stereocenters. The molecule has 0 aliphatic carbocycles. The summed E-state index contributed by atoms with van der Waals surface area (Å²) in [5.41, 5.74) is 4.22. The van der Waals surface area contributed by atoms with Crippen LogP contribution in [-0.4, -0.2) is 47.6 Å². The van der Waals surface area contributed by atoms with Crippen molar-refractivity contribution in [3.8, 4) is 16.3 Å². The number of sulfonamides is 1. The fraction of sp³-hybridized carbons (Fsp3) is 0.154. The van der Waals surface area contributed by atoms with Gasteiger partial charge in [0.1, 0.15) is 23.2 Å². The van der Waals surface area contributed by atoms with Crippen LogP contribution in [0.15, 0.2) is 59.6 Å². The van der Waals surface area contributed by atoms with E-state index >= 15 is 0 Å². The summed E-state index contributed by atoms with van der Waals surface area (Å²) in [6, 6.07) is 12.0. The first-order chi connectivity index (χ1) is 18.1. The average Bonchev–Trinajstić information content (AvgIpc) is 3.31. The summed E-state index contributed by atoms with van der Waals surface area (Å²) in [6.45, 7) is 3.91. The molecule has 194 valence electrons. The van der Waals surface area contributed by atoms with Crippen molar-refractivity contribution in [3.63, 3.8) is 0 Å². The minimum Gasteiger partial charge on any atom is -0.492 e. The highest BCUT2D eigenvalue weighted by atomic mass is 32.2. The fourth-order valence-corrected chi connectivity index (χ4v) is 6.04. The molecule has 0 saturated carbocycles. The van der Waals surface area contributed by atoms with Crippen LogP contribution in [0.2, 0.25) is 0 Å². The number of benzene rings is 3. The molecule has 5 rings (SSSR count). The van der Waals surface area contributed by atoms with Gasteiger partial charge >= 0.3 is 5.97 Å². The van der Waals surface area contributed by atoms with Gasteiger partial charge in [-0.2, -0.15) is 0 Å². The quantitative estimate of drug-likeness (QED) is 0.265. The van der Waals surface area contributed by atoms with Gasteiger partial charge in [-0.05, 0) is 73.5 Å². The maximum Gasteiger partial charge on any atom is 0.356 e. The number of halogens is 1. The number of ether oxygens (including phenoxy) is 1. The highest BCUT2D eigenvalue weighted by molar-refractivity contribution is 7.89. The standard InChI is InChI=1S/C26H21FN4O5S2/c1-14-9-19(24-20(10-14)30-21(13-28-24)26(32)33)25-31-23-15(2)11-17(12-22(23)37-25)36-8-7-29-38(34,35)18-5-3-16(27)4-6-18/h3-6,9-13,29H,7-8H2,1-2H3,(H,32,33). The van der Waals surface area contributed by atoms with Crippen LogP contribution in [0, 0.1) is 19.7 Å². The highest BCUT2D eigenvalue weighted by Gasteiger charge is 2.17. The molecule has 0 unspecified atom stereocenters. The Hall–Kier alpha value is -4.00. The Morgan fingerprint density at radius 1 is 1.08 bits per heavy atom. The monoisotopic (exact) mass is 552 g/mol. The SMILES string of the molecule is Cc1cc(-c2nc3c(C)cc(OCCNS(=O)(=O)c4ccc(F)cc4)cc3s2)c2ncc(C(=O)O)nc2c1. The van der Waals surface area contributed by atoms with Gasteiger partial charge in [-0.1, -0.05) is 0 Å². The molecule has 0 aliphatic rings. The third kappa shape index (κ3) is 5.19. The van der Waals surface area contributed by atoms with Crippen molar-refractivity contribution in [2.75, 3.05) is 13.2 Å². The second kappa shape index (κ2) is 10.0. The number of carboxylic acids is 1. The predicted molar refractivity (Wildman–Crippen MR) is 142 cm³/mol. The van der Waals surface area contributed by atoms with Gasteiger partial charge in [0, 0.05) is 12.1 Å². The number of fused-ring (bicyclic) bond motifs is 2. The van der Waals surface area contributed by atoms with E-state index in [-0.39, 0.29) is 23.7 Å². The molecule has 12 heteroatoms. The number of carboxylic acid groups (broad SMARTS) is 1. The molecule has 2 heterocycles. The Morgan fingerprint density at radius 3 is 2.58 bits per heavy atom. The highest BCUT2D eigenvalue weighted by Crippen LogP contribution is 2.37. The molecule has 2 aromatic heterocycles. The molecular formula is C26H21FN4O5S2. The summed E-state index contributed by atoms with van der Waals surface area (Å²) in [5, 5.41) is 9.97. The lowest BCUT2D eigenvalue weighted by Gasteiger charge is -2.09. The molecule has 2 N–H and O–H groups in total. The van der Waals surface area contributed by atoms with E-state index in [0.29, 0.717) is 21.8 Å². The lowest BCUT2D eigenvalue weighted by molar-refractivity contribution is 0.0690. The van der Waals surface area contributed by atoms with Crippen molar-refractivity contribution >= 4 is 48.6 Å². The van der Waals surface area contributed by atoms with Crippen LogP contribution in [0.25, 0.3) is 31.8 Å². The van der Waals surface area contributed by atoms with Crippen molar-refractivity contribution in [2.45, 2.75) is 18.7 Å². The van der Waals surface area contributed by atoms with Gasteiger partial charge in [-0.15, -0.1) is 11.3 Å². The summed E-state index contributed by atoms with van der Waals surface area (Å²) in [7, 11) is -3.78. The zero-order valence-electron chi connectivity index (χ0n) is 20.2. The van der Waals surface area contributed by atoms with E-state index in [1.54, 1.807) is 6.07 Å². The predicted octanol–water partition coefficient (Wildman–Crippen LogP) is 4.72. The Kier molecular flexibility index (Phi) is 6.78. The second-order valence-corrected chi connectivity index (χ2v) is 11.3. The number of aromatic nitrogens is 3. The van der Waals surface area contributed by atoms with Crippen LogP contribution in [0.1, 0.15) is 21.6 Å². The van der Waals surface area contributed by atoms with Gasteiger partial charge in [-0.3, -0.25) is 4.98 Å². The van der Waals surface area contributed by atoms with Crippen molar-refractivity contribution in [1.29, 1.82) is 0 Å². The minimum atomic E-state index is -3.78. The topological polar surface area (TPSA) is 131 Å². The molecule has 0 fully saturated rings. The summed E-state index contributed by atoms with van der Waals surface area (Å²) >= 11 is 1.44. The van der Waals surface area contributed by atoms with E-state index in [0.717, 1.165) is 39.0 Å². The smallest absolute Gasteiger partial charge is 0.356 e. The molecule has 0 spiro atoms. The van der Waals surface area contributed by atoms with Crippen LogP contribution < -0.4 is 9.46 Å². The van der Waals surface area contributed by atoms with Crippen LogP contribution in [0.5, 0.6) is 5.75 Å². The number of nitrogens with zero attached hydrogens (tertiary/aromatic N) is 3. The molecule has 9 nitrogen and oxygen atoms in total. The van der Waals surface area contributed by atoms with Crippen LogP contribution in [0.3, 0.4) is 0 Å². The van der Waals surface area contributed by atoms with Crippen molar-refractivity contribution < 1.29 is 27.4 Å². The Morgan fingerprint density at radius 2 is 1.84 bits per heavy atom. The van der Waals surface area contributed by atoms with Gasteiger partial charge < -0.3 is 9.84 Å². The Balaban J connectivity index is 1.36. The van der Waals surface area contributed by atoms with Crippen LogP contribution >= 0.6 is 11.3 Å². The number of nitrogens with one attached hydrogen (secondary N) is 1. The van der Waals surface area contributed by atoms with Gasteiger partial charge in [-0.25, -0.2) is 32.3 Å². The number of hydrogen-bond donors (Lipinski definition) is 2. The second-order valence-electron chi connectivity index (χ2n) is 8.55. The number of aromatic carboxylic acids is 1.